The highest BCUT2D eigenvalue weighted by Crippen LogP contribution is 2.35. The quantitative estimate of drug-likeness (QED) is 0.619. The van der Waals surface area contributed by atoms with Crippen molar-refractivity contribution in [1.29, 1.82) is 0 Å². The lowest BCUT2D eigenvalue weighted by atomic mass is 10.1. The molecule has 2 aromatic rings. The lowest BCUT2D eigenvalue weighted by Gasteiger charge is -2.04. The Hall–Kier alpha value is -2.89. The van der Waals surface area contributed by atoms with Gasteiger partial charge in [-0.15, -0.1) is 0 Å². The summed E-state index contributed by atoms with van der Waals surface area (Å²) < 4.78 is 39.0. The van der Waals surface area contributed by atoms with Gasteiger partial charge in [-0.25, -0.2) is 0 Å². The van der Waals surface area contributed by atoms with Crippen molar-refractivity contribution in [3.8, 4) is 17.2 Å². The van der Waals surface area contributed by atoms with Gasteiger partial charge in [-0.1, -0.05) is 12.1 Å². The molecule has 0 radical (unpaired) electrons. The Morgan fingerprint density at radius 3 is 2.65 bits per heavy atom. The van der Waals surface area contributed by atoms with Gasteiger partial charge in [-0.3, -0.25) is 4.79 Å². The van der Waals surface area contributed by atoms with Gasteiger partial charge < -0.3 is 14.2 Å². The van der Waals surface area contributed by atoms with Crippen LogP contribution in [0.4, 0.5) is 8.78 Å². The number of fused-ring (bicyclic) bond motifs is 1. The molecule has 0 spiro atoms. The van der Waals surface area contributed by atoms with Gasteiger partial charge >= 0.3 is 6.61 Å². The summed E-state index contributed by atoms with van der Waals surface area (Å²) in [5, 5.41) is 0. The summed E-state index contributed by atoms with van der Waals surface area (Å²) in [5.74, 6) is 0.974. The minimum absolute atomic E-state index is 0.00644. The van der Waals surface area contributed by atoms with E-state index in [9.17, 15) is 13.6 Å². The molecule has 0 amide bonds. The Balaban J connectivity index is 1.73. The topological polar surface area (TPSA) is 44.8 Å². The molecule has 3 rings (SSSR count). The van der Waals surface area contributed by atoms with Crippen molar-refractivity contribution in [1.82, 2.24) is 0 Å². The zero-order valence-electron chi connectivity index (χ0n) is 11.9. The smallest absolute Gasteiger partial charge is 0.387 e. The molecule has 2 aromatic carbocycles. The number of rotatable bonds is 5. The predicted molar refractivity (Wildman–Crippen MR) is 79.0 cm³/mol. The highest BCUT2D eigenvalue weighted by atomic mass is 19.3. The minimum Gasteiger partial charge on any atom is -0.454 e. The van der Waals surface area contributed by atoms with Crippen molar-refractivity contribution in [3.05, 3.63) is 59.7 Å². The van der Waals surface area contributed by atoms with Crippen LogP contribution in [0.5, 0.6) is 17.2 Å². The van der Waals surface area contributed by atoms with Gasteiger partial charge in [-0.2, -0.15) is 8.78 Å². The zero-order chi connectivity index (χ0) is 16.2. The van der Waals surface area contributed by atoms with E-state index in [1.807, 2.05) is 0 Å². The molecule has 0 atom stereocenters. The summed E-state index contributed by atoms with van der Waals surface area (Å²) in [4.78, 5) is 12.1. The molecule has 0 N–H and O–H groups in total. The third-order valence-electron chi connectivity index (χ3n) is 3.21. The van der Waals surface area contributed by atoms with Crippen molar-refractivity contribution < 1.29 is 27.8 Å². The molecule has 4 nitrogen and oxygen atoms in total. The monoisotopic (exact) mass is 318 g/mol. The van der Waals surface area contributed by atoms with Crippen molar-refractivity contribution in [2.75, 3.05) is 6.79 Å². The van der Waals surface area contributed by atoms with Crippen LogP contribution in [0, 0.1) is 0 Å². The van der Waals surface area contributed by atoms with E-state index in [0.29, 0.717) is 17.1 Å². The number of para-hydroxylation sites is 1. The second-order valence-electron chi connectivity index (χ2n) is 4.68. The van der Waals surface area contributed by atoms with E-state index < -0.39 is 6.61 Å². The average molecular weight is 318 g/mol. The number of benzene rings is 2. The van der Waals surface area contributed by atoms with Crippen LogP contribution in [-0.2, 0) is 0 Å². The van der Waals surface area contributed by atoms with Crippen molar-refractivity contribution >= 4 is 11.9 Å². The second kappa shape index (κ2) is 6.48. The number of ketones is 1. The van der Waals surface area contributed by atoms with E-state index in [1.54, 1.807) is 24.3 Å². The number of halogens is 2. The standard InChI is InChI=1S/C17H12F2O4/c18-17(19)23-13-7-4-11(5-8-13)14(20)9-6-12-2-1-3-15-16(12)22-10-21-15/h1-9,17H,10H2. The Bertz CT molecular complexity index is 739. The van der Waals surface area contributed by atoms with Gasteiger partial charge in [0.2, 0.25) is 6.79 Å². The zero-order valence-corrected chi connectivity index (χ0v) is 11.9. The van der Waals surface area contributed by atoms with E-state index in [-0.39, 0.29) is 18.3 Å². The number of hydrogen-bond acceptors (Lipinski definition) is 4. The van der Waals surface area contributed by atoms with Gasteiger partial charge in [0.15, 0.2) is 17.3 Å². The summed E-state index contributed by atoms with van der Waals surface area (Å²) in [6.45, 7) is -2.74. The molecule has 0 aliphatic carbocycles. The number of carbonyl (C=O) groups excluding carboxylic acids is 1. The van der Waals surface area contributed by atoms with E-state index in [4.69, 9.17) is 9.47 Å². The largest absolute Gasteiger partial charge is 0.454 e. The minimum atomic E-state index is -2.89. The first-order valence-corrected chi connectivity index (χ1v) is 6.79. The van der Waals surface area contributed by atoms with Crippen molar-refractivity contribution in [2.24, 2.45) is 0 Å². The summed E-state index contributed by atoms with van der Waals surface area (Å²) in [7, 11) is 0. The number of ether oxygens (including phenoxy) is 3. The highest BCUT2D eigenvalue weighted by molar-refractivity contribution is 6.07. The van der Waals surface area contributed by atoms with Crippen LogP contribution in [0.15, 0.2) is 48.5 Å². The molecule has 1 heterocycles. The molecular weight excluding hydrogens is 306 g/mol. The molecule has 0 saturated heterocycles. The van der Waals surface area contributed by atoms with Crippen LogP contribution in [0.3, 0.4) is 0 Å². The Kier molecular flexibility index (Phi) is 4.23. The van der Waals surface area contributed by atoms with Gasteiger partial charge in [0.1, 0.15) is 5.75 Å². The highest BCUT2D eigenvalue weighted by Gasteiger charge is 2.15. The maximum Gasteiger partial charge on any atom is 0.387 e. The lowest BCUT2D eigenvalue weighted by Crippen LogP contribution is -2.02. The number of allylic oxidation sites excluding steroid dienone is 1. The lowest BCUT2D eigenvalue weighted by molar-refractivity contribution is -0.0498. The number of alkyl halides is 2. The van der Waals surface area contributed by atoms with Crippen molar-refractivity contribution in [2.45, 2.75) is 6.61 Å². The SMILES string of the molecule is O=C(C=Cc1cccc2c1OCO2)c1ccc(OC(F)F)cc1. The molecule has 0 fully saturated rings. The first-order chi connectivity index (χ1) is 11.1. The Labute approximate surface area is 130 Å². The maximum atomic E-state index is 12.1. The predicted octanol–water partition coefficient (Wildman–Crippen LogP) is 3.91. The summed E-state index contributed by atoms with van der Waals surface area (Å²) in [6.07, 6.45) is 3.01. The van der Waals surface area contributed by atoms with Gasteiger partial charge in [0.25, 0.3) is 0 Å². The molecule has 0 aromatic heterocycles. The molecule has 0 bridgehead atoms. The Morgan fingerprint density at radius 1 is 1.13 bits per heavy atom. The van der Waals surface area contributed by atoms with Gasteiger partial charge in [-0.05, 0) is 42.5 Å². The molecule has 23 heavy (non-hydrogen) atoms. The fourth-order valence-corrected chi connectivity index (χ4v) is 2.15. The molecule has 118 valence electrons. The average Bonchev–Trinajstić information content (AvgIpc) is 3.02. The van der Waals surface area contributed by atoms with Gasteiger partial charge in [0, 0.05) is 11.1 Å². The summed E-state index contributed by atoms with van der Waals surface area (Å²) in [5.41, 5.74) is 1.10. The van der Waals surface area contributed by atoms with E-state index in [1.165, 1.54) is 30.3 Å². The second-order valence-corrected chi connectivity index (χ2v) is 4.68. The maximum absolute atomic E-state index is 12.1. The third-order valence-corrected chi connectivity index (χ3v) is 3.21. The molecule has 6 heteroatoms. The fourth-order valence-electron chi connectivity index (χ4n) is 2.15. The molecule has 0 unspecified atom stereocenters. The summed E-state index contributed by atoms with van der Waals surface area (Å²) >= 11 is 0. The van der Waals surface area contributed by atoms with E-state index >= 15 is 0 Å². The normalized spacial score (nSPS) is 12.8. The van der Waals surface area contributed by atoms with Crippen LogP contribution >= 0.6 is 0 Å². The van der Waals surface area contributed by atoms with Crippen LogP contribution < -0.4 is 14.2 Å². The van der Waals surface area contributed by atoms with Crippen LogP contribution in [-0.4, -0.2) is 19.2 Å². The van der Waals surface area contributed by atoms with Crippen LogP contribution in [0.25, 0.3) is 6.08 Å². The fraction of sp³-hybridized carbons (Fsp3) is 0.118. The molecule has 0 saturated carbocycles. The van der Waals surface area contributed by atoms with Crippen LogP contribution in [0.2, 0.25) is 0 Å². The van der Waals surface area contributed by atoms with Crippen molar-refractivity contribution in [3.63, 3.8) is 0 Å². The van der Waals surface area contributed by atoms with Gasteiger partial charge in [0.05, 0.1) is 0 Å². The summed E-state index contributed by atoms with van der Waals surface area (Å²) in [6, 6.07) is 10.9. The van der Waals surface area contributed by atoms with E-state index in [0.717, 1.165) is 5.56 Å². The Morgan fingerprint density at radius 2 is 1.91 bits per heavy atom. The number of hydrogen-bond donors (Lipinski definition) is 0. The molecule has 1 aliphatic heterocycles. The number of carbonyl (C=O) groups is 1. The third kappa shape index (κ3) is 3.48. The first kappa shape index (κ1) is 15.0. The first-order valence-electron chi connectivity index (χ1n) is 6.79. The molecular formula is C17H12F2O4. The van der Waals surface area contributed by atoms with Crippen LogP contribution in [0.1, 0.15) is 15.9 Å². The molecule has 1 aliphatic rings. The van der Waals surface area contributed by atoms with E-state index in [2.05, 4.69) is 4.74 Å².